The monoisotopic (exact) mass is 597 g/mol. The molecular weight excluding hydrogens is 558 g/mol. The molecule has 0 aliphatic rings. The van der Waals surface area contributed by atoms with Gasteiger partial charge >= 0.3 is 0 Å². The van der Waals surface area contributed by atoms with E-state index in [4.69, 9.17) is 0 Å². The third-order valence-electron chi connectivity index (χ3n) is 7.26. The fourth-order valence-corrected chi connectivity index (χ4v) is 6.41. The number of sulfonamides is 1. The molecule has 43 heavy (non-hydrogen) atoms. The first-order valence-electron chi connectivity index (χ1n) is 14.5. The minimum absolute atomic E-state index is 0.0832. The Morgan fingerprint density at radius 3 is 1.98 bits per heavy atom. The molecule has 224 valence electrons. The summed E-state index contributed by atoms with van der Waals surface area (Å²) >= 11 is 0. The number of nitrogens with one attached hydrogen (secondary N) is 1. The molecule has 0 radical (unpaired) electrons. The van der Waals surface area contributed by atoms with Crippen molar-refractivity contribution >= 4 is 27.5 Å². The predicted octanol–water partition coefficient (Wildman–Crippen LogP) is 5.67. The van der Waals surface area contributed by atoms with Crippen LogP contribution >= 0.6 is 0 Å². The number of rotatable bonds is 13. The van der Waals surface area contributed by atoms with Crippen LogP contribution in [-0.2, 0) is 32.6 Å². The van der Waals surface area contributed by atoms with Crippen molar-refractivity contribution in [2.45, 2.75) is 51.1 Å². The highest BCUT2D eigenvalue weighted by atomic mass is 32.2. The van der Waals surface area contributed by atoms with Gasteiger partial charge in [0.05, 0.1) is 10.6 Å². The van der Waals surface area contributed by atoms with Gasteiger partial charge in [-0.15, -0.1) is 0 Å². The highest BCUT2D eigenvalue weighted by Crippen LogP contribution is 2.28. The first-order valence-corrected chi connectivity index (χ1v) is 15.9. The normalized spacial score (nSPS) is 11.9. The fraction of sp³-hybridized carbons (Fsp3) is 0.257. The third kappa shape index (κ3) is 8.11. The van der Waals surface area contributed by atoms with E-state index in [1.807, 2.05) is 93.6 Å². The third-order valence-corrected chi connectivity index (χ3v) is 9.03. The summed E-state index contributed by atoms with van der Waals surface area (Å²) in [5.41, 5.74) is 3.74. The Balaban J connectivity index is 1.80. The molecule has 0 saturated carbocycles. The summed E-state index contributed by atoms with van der Waals surface area (Å²) in [7, 11) is -4.13. The second-order valence-electron chi connectivity index (χ2n) is 10.6. The summed E-state index contributed by atoms with van der Waals surface area (Å²) in [6.45, 7) is 5.81. The lowest BCUT2D eigenvalue weighted by molar-refractivity contribution is -0.140. The van der Waals surface area contributed by atoms with E-state index in [1.54, 1.807) is 24.3 Å². The van der Waals surface area contributed by atoms with Crippen molar-refractivity contribution in [1.82, 2.24) is 10.2 Å². The Kier molecular flexibility index (Phi) is 10.7. The molecule has 0 aliphatic heterocycles. The Hall–Kier alpha value is -4.43. The van der Waals surface area contributed by atoms with Gasteiger partial charge in [-0.05, 0) is 60.7 Å². The van der Waals surface area contributed by atoms with Crippen molar-refractivity contribution in [1.29, 1.82) is 0 Å². The second-order valence-corrected chi connectivity index (χ2v) is 12.5. The maximum atomic E-state index is 14.5. The predicted molar refractivity (Wildman–Crippen MR) is 171 cm³/mol. The Morgan fingerprint density at radius 1 is 0.791 bits per heavy atom. The molecule has 0 unspecified atom stereocenters. The van der Waals surface area contributed by atoms with Crippen LogP contribution in [0.2, 0.25) is 0 Å². The van der Waals surface area contributed by atoms with E-state index in [0.717, 1.165) is 23.1 Å². The van der Waals surface area contributed by atoms with Crippen LogP contribution in [-0.4, -0.2) is 44.3 Å². The zero-order valence-corrected chi connectivity index (χ0v) is 25.8. The maximum Gasteiger partial charge on any atom is 0.264 e. The van der Waals surface area contributed by atoms with E-state index in [2.05, 4.69) is 5.32 Å². The summed E-state index contributed by atoms with van der Waals surface area (Å²) in [6.07, 6.45) is 1.02. The first kappa shape index (κ1) is 31.5. The van der Waals surface area contributed by atoms with Crippen molar-refractivity contribution in [3.05, 3.63) is 131 Å². The standard InChI is InChI=1S/C35H39N3O4S/c1-4-22-36-35(40)33(24-29-14-8-5-9-15-29)37(25-30-16-10-6-11-17-30)34(39)26-38(32-23-27(2)20-21-28(32)3)43(41,42)31-18-12-7-13-19-31/h5-21,23,33H,4,22,24-26H2,1-3H3,(H,36,40)/t33-/m0/s1. The summed E-state index contributed by atoms with van der Waals surface area (Å²) < 4.78 is 29.4. The van der Waals surface area contributed by atoms with Gasteiger partial charge < -0.3 is 10.2 Å². The molecule has 4 rings (SSSR count). The zero-order chi connectivity index (χ0) is 30.8. The number of hydrogen-bond acceptors (Lipinski definition) is 4. The molecule has 0 fully saturated rings. The molecule has 0 saturated heterocycles. The van der Waals surface area contributed by atoms with Crippen LogP contribution < -0.4 is 9.62 Å². The Bertz CT molecular complexity index is 1610. The van der Waals surface area contributed by atoms with Crippen LogP contribution in [0.4, 0.5) is 5.69 Å². The lowest BCUT2D eigenvalue weighted by atomic mass is 10.0. The highest BCUT2D eigenvalue weighted by Gasteiger charge is 2.35. The molecule has 0 bridgehead atoms. The zero-order valence-electron chi connectivity index (χ0n) is 24.9. The quantitative estimate of drug-likeness (QED) is 0.215. The van der Waals surface area contributed by atoms with Gasteiger partial charge in [0.2, 0.25) is 11.8 Å². The van der Waals surface area contributed by atoms with Gasteiger partial charge in [0.1, 0.15) is 12.6 Å². The number of anilines is 1. The number of benzene rings is 4. The molecule has 4 aromatic rings. The number of amides is 2. The van der Waals surface area contributed by atoms with Gasteiger partial charge in [-0.2, -0.15) is 0 Å². The SMILES string of the molecule is CCCNC(=O)[C@H](Cc1ccccc1)N(Cc1ccccc1)C(=O)CN(c1cc(C)ccc1C)S(=O)(=O)c1ccccc1. The lowest BCUT2D eigenvalue weighted by Crippen LogP contribution is -2.53. The molecule has 0 aromatic heterocycles. The van der Waals surface area contributed by atoms with Crippen molar-refractivity contribution < 1.29 is 18.0 Å². The summed E-state index contributed by atoms with van der Waals surface area (Å²) in [6, 6.07) is 31.8. The van der Waals surface area contributed by atoms with E-state index in [-0.39, 0.29) is 23.8 Å². The lowest BCUT2D eigenvalue weighted by Gasteiger charge is -2.34. The van der Waals surface area contributed by atoms with Gasteiger partial charge in [0.25, 0.3) is 10.0 Å². The number of hydrogen-bond donors (Lipinski definition) is 1. The van der Waals surface area contributed by atoms with Crippen LogP contribution in [0.3, 0.4) is 0 Å². The summed E-state index contributed by atoms with van der Waals surface area (Å²) in [5, 5.41) is 2.97. The molecule has 1 N–H and O–H groups in total. The first-order chi connectivity index (χ1) is 20.7. The smallest absolute Gasteiger partial charge is 0.264 e. The van der Waals surface area contributed by atoms with E-state index in [1.165, 1.54) is 21.3 Å². The van der Waals surface area contributed by atoms with Crippen LogP contribution in [0, 0.1) is 13.8 Å². The summed E-state index contributed by atoms with van der Waals surface area (Å²) in [5.74, 6) is -0.754. The summed E-state index contributed by atoms with van der Waals surface area (Å²) in [4.78, 5) is 29.7. The molecule has 7 nitrogen and oxygen atoms in total. The van der Waals surface area contributed by atoms with Crippen molar-refractivity contribution in [3.8, 4) is 0 Å². The Morgan fingerprint density at radius 2 is 1.37 bits per heavy atom. The topological polar surface area (TPSA) is 86.8 Å². The molecule has 0 aliphatic carbocycles. The molecule has 4 aromatic carbocycles. The van der Waals surface area contributed by atoms with Crippen LogP contribution in [0.1, 0.15) is 35.6 Å². The minimum atomic E-state index is -4.13. The number of aryl methyl sites for hydroxylation is 2. The fourth-order valence-electron chi connectivity index (χ4n) is 4.92. The molecule has 0 heterocycles. The van der Waals surface area contributed by atoms with Crippen molar-refractivity contribution in [2.75, 3.05) is 17.4 Å². The van der Waals surface area contributed by atoms with Gasteiger partial charge in [-0.25, -0.2) is 8.42 Å². The van der Waals surface area contributed by atoms with Crippen LogP contribution in [0.5, 0.6) is 0 Å². The highest BCUT2D eigenvalue weighted by molar-refractivity contribution is 7.92. The van der Waals surface area contributed by atoms with Crippen LogP contribution in [0.15, 0.2) is 114 Å². The molecule has 8 heteroatoms. The molecular formula is C35H39N3O4S. The van der Waals surface area contributed by atoms with Gasteiger partial charge in [0.15, 0.2) is 0 Å². The number of carbonyl (C=O) groups excluding carboxylic acids is 2. The maximum absolute atomic E-state index is 14.5. The van der Waals surface area contributed by atoms with Crippen LogP contribution in [0.25, 0.3) is 0 Å². The number of carbonyl (C=O) groups is 2. The molecule has 0 spiro atoms. The van der Waals surface area contributed by atoms with E-state index in [9.17, 15) is 18.0 Å². The van der Waals surface area contributed by atoms with Gasteiger partial charge in [-0.3, -0.25) is 13.9 Å². The van der Waals surface area contributed by atoms with Crippen molar-refractivity contribution in [2.24, 2.45) is 0 Å². The van der Waals surface area contributed by atoms with Gasteiger partial charge in [-0.1, -0.05) is 97.9 Å². The average Bonchev–Trinajstić information content (AvgIpc) is 3.03. The number of nitrogens with zero attached hydrogens (tertiary/aromatic N) is 2. The second kappa shape index (κ2) is 14.6. The molecule has 1 atom stereocenters. The Labute approximate surface area is 255 Å². The largest absolute Gasteiger partial charge is 0.354 e. The molecule has 2 amide bonds. The van der Waals surface area contributed by atoms with E-state index in [0.29, 0.717) is 17.8 Å². The minimum Gasteiger partial charge on any atom is -0.354 e. The van der Waals surface area contributed by atoms with Crippen molar-refractivity contribution in [3.63, 3.8) is 0 Å². The van der Waals surface area contributed by atoms with E-state index >= 15 is 0 Å². The van der Waals surface area contributed by atoms with Gasteiger partial charge in [0, 0.05) is 19.5 Å². The average molecular weight is 598 g/mol. The van der Waals surface area contributed by atoms with E-state index < -0.39 is 28.5 Å².